The van der Waals surface area contributed by atoms with Gasteiger partial charge in [-0.2, -0.15) is 0 Å². The number of carbonyl (C=O) groups excluding carboxylic acids is 2. The summed E-state index contributed by atoms with van der Waals surface area (Å²) in [6.07, 6.45) is 1.09. The summed E-state index contributed by atoms with van der Waals surface area (Å²) in [6, 6.07) is 19.2. The summed E-state index contributed by atoms with van der Waals surface area (Å²) >= 11 is 6.01. The van der Waals surface area contributed by atoms with E-state index in [2.05, 4.69) is 5.32 Å². The number of amides is 2. The molecule has 0 saturated heterocycles. The molecule has 0 spiro atoms. The molecule has 3 aromatic rings. The monoisotopic (exact) mass is 585 g/mol. The zero-order valence-corrected chi connectivity index (χ0v) is 24.8. The fraction of sp³-hybridized carbons (Fsp3) is 0.333. The number of rotatable bonds is 13. The van der Waals surface area contributed by atoms with Crippen molar-refractivity contribution in [2.75, 3.05) is 24.5 Å². The van der Waals surface area contributed by atoms with Gasteiger partial charge >= 0.3 is 0 Å². The van der Waals surface area contributed by atoms with Gasteiger partial charge in [0.15, 0.2) is 0 Å². The fourth-order valence-corrected chi connectivity index (χ4v) is 5.95. The van der Waals surface area contributed by atoms with Crippen molar-refractivity contribution in [3.05, 3.63) is 88.9 Å². The first-order valence-corrected chi connectivity index (χ1v) is 15.0. The van der Waals surface area contributed by atoms with Crippen LogP contribution in [0.3, 0.4) is 0 Å². The third-order valence-corrected chi connectivity index (χ3v) is 8.51. The first kappa shape index (κ1) is 31.0. The van der Waals surface area contributed by atoms with E-state index in [0.717, 1.165) is 16.3 Å². The van der Waals surface area contributed by atoms with E-state index >= 15 is 0 Å². The van der Waals surface area contributed by atoms with Crippen molar-refractivity contribution >= 4 is 39.1 Å². The Bertz CT molecular complexity index is 1410. The van der Waals surface area contributed by atoms with E-state index in [4.69, 9.17) is 16.3 Å². The fourth-order valence-electron chi connectivity index (χ4n) is 4.34. The normalized spacial score (nSPS) is 11.9. The van der Waals surface area contributed by atoms with Crippen molar-refractivity contribution in [2.45, 2.75) is 51.1 Å². The molecule has 0 fully saturated rings. The number of anilines is 1. The molecule has 0 aliphatic carbocycles. The second-order valence-electron chi connectivity index (χ2n) is 9.34. The Morgan fingerprint density at radius 1 is 1.00 bits per heavy atom. The first-order chi connectivity index (χ1) is 19.1. The van der Waals surface area contributed by atoms with Crippen LogP contribution in [0.5, 0.6) is 5.75 Å². The summed E-state index contributed by atoms with van der Waals surface area (Å²) < 4.78 is 34.3. The van der Waals surface area contributed by atoms with E-state index in [-0.39, 0.29) is 17.3 Å². The zero-order valence-electron chi connectivity index (χ0n) is 23.3. The van der Waals surface area contributed by atoms with Crippen LogP contribution in [0.1, 0.15) is 37.8 Å². The Morgan fingerprint density at radius 3 is 2.33 bits per heavy atom. The van der Waals surface area contributed by atoms with Gasteiger partial charge in [0.1, 0.15) is 18.3 Å². The summed E-state index contributed by atoms with van der Waals surface area (Å²) in [7, 11) is -2.61. The molecular weight excluding hydrogens is 550 g/mol. The number of hydrogen-bond acceptors (Lipinski definition) is 5. The number of halogens is 1. The first-order valence-electron chi connectivity index (χ1n) is 13.2. The maximum Gasteiger partial charge on any atom is 0.264 e. The molecule has 214 valence electrons. The SMILES string of the molecule is CCCNC(=O)C(CC)N(Cc1cccc(OC)c1)C(=O)CN(c1ccccc1C)S(=O)(=O)c1ccc(Cl)cc1. The van der Waals surface area contributed by atoms with Gasteiger partial charge in [-0.1, -0.05) is 55.8 Å². The van der Waals surface area contributed by atoms with Gasteiger partial charge in [0, 0.05) is 18.1 Å². The summed E-state index contributed by atoms with van der Waals surface area (Å²) in [4.78, 5) is 28.7. The van der Waals surface area contributed by atoms with E-state index in [9.17, 15) is 18.0 Å². The minimum absolute atomic E-state index is 0.0000270. The number of nitrogens with zero attached hydrogens (tertiary/aromatic N) is 2. The Hall–Kier alpha value is -3.56. The molecule has 0 saturated carbocycles. The highest BCUT2D eigenvalue weighted by atomic mass is 35.5. The predicted octanol–water partition coefficient (Wildman–Crippen LogP) is 5.19. The molecule has 0 radical (unpaired) electrons. The number of nitrogens with one attached hydrogen (secondary N) is 1. The number of ether oxygens (including phenoxy) is 1. The Labute approximate surface area is 241 Å². The van der Waals surface area contributed by atoms with Crippen molar-refractivity contribution in [3.63, 3.8) is 0 Å². The van der Waals surface area contributed by atoms with Crippen LogP contribution in [0.4, 0.5) is 5.69 Å². The zero-order chi connectivity index (χ0) is 29.3. The lowest BCUT2D eigenvalue weighted by Crippen LogP contribution is -2.52. The number of sulfonamides is 1. The van der Waals surface area contributed by atoms with Crippen LogP contribution in [0.15, 0.2) is 77.7 Å². The lowest BCUT2D eigenvalue weighted by molar-refractivity contribution is -0.140. The maximum absolute atomic E-state index is 14.1. The second-order valence-corrected chi connectivity index (χ2v) is 11.6. The van der Waals surface area contributed by atoms with Crippen molar-refractivity contribution in [1.82, 2.24) is 10.2 Å². The lowest BCUT2D eigenvalue weighted by atomic mass is 10.1. The molecule has 40 heavy (non-hydrogen) atoms. The standard InChI is InChI=1S/C30H36ClN3O5S/c1-5-18-32-30(36)27(6-2)33(20-23-11-9-12-25(19-23)39-4)29(35)21-34(28-13-8-7-10-22(28)3)40(37,38)26-16-14-24(31)15-17-26/h7-17,19,27H,5-6,18,20-21H2,1-4H3,(H,32,36). The van der Waals surface area contributed by atoms with Crippen LogP contribution in [-0.4, -0.2) is 51.4 Å². The lowest BCUT2D eigenvalue weighted by Gasteiger charge is -2.33. The third kappa shape index (κ3) is 7.55. The Balaban J connectivity index is 2.07. The number of hydrogen-bond donors (Lipinski definition) is 1. The number of aryl methyl sites for hydroxylation is 1. The maximum atomic E-state index is 14.1. The van der Waals surface area contributed by atoms with E-state index in [1.54, 1.807) is 56.5 Å². The van der Waals surface area contributed by atoms with Gasteiger partial charge in [0.05, 0.1) is 17.7 Å². The number of carbonyl (C=O) groups is 2. The number of para-hydroxylation sites is 1. The quantitative estimate of drug-likeness (QED) is 0.298. The molecule has 0 bridgehead atoms. The summed E-state index contributed by atoms with van der Waals surface area (Å²) in [6.45, 7) is 5.61. The minimum Gasteiger partial charge on any atom is -0.497 e. The molecule has 0 aliphatic heterocycles. The molecule has 1 atom stereocenters. The van der Waals surface area contributed by atoms with Crippen LogP contribution in [0.2, 0.25) is 5.02 Å². The molecular formula is C30H36ClN3O5S. The van der Waals surface area contributed by atoms with Gasteiger partial charge in [-0.05, 0) is 73.4 Å². The van der Waals surface area contributed by atoms with Gasteiger partial charge in [0.2, 0.25) is 11.8 Å². The van der Waals surface area contributed by atoms with Gasteiger partial charge < -0.3 is 15.0 Å². The molecule has 1 N–H and O–H groups in total. The van der Waals surface area contributed by atoms with Crippen LogP contribution in [0, 0.1) is 6.92 Å². The molecule has 8 nitrogen and oxygen atoms in total. The van der Waals surface area contributed by atoms with E-state index in [0.29, 0.717) is 35.0 Å². The van der Waals surface area contributed by atoms with Gasteiger partial charge in [-0.3, -0.25) is 13.9 Å². The average molecular weight is 586 g/mol. The van der Waals surface area contributed by atoms with Crippen LogP contribution >= 0.6 is 11.6 Å². The second kappa shape index (κ2) is 14.2. The third-order valence-electron chi connectivity index (χ3n) is 6.49. The summed E-state index contributed by atoms with van der Waals surface area (Å²) in [5.41, 5.74) is 1.80. The summed E-state index contributed by atoms with van der Waals surface area (Å²) in [5.74, 6) is -0.189. The molecule has 3 aromatic carbocycles. The molecule has 0 aliphatic rings. The highest BCUT2D eigenvalue weighted by molar-refractivity contribution is 7.92. The smallest absolute Gasteiger partial charge is 0.264 e. The van der Waals surface area contributed by atoms with Crippen LogP contribution < -0.4 is 14.4 Å². The number of benzene rings is 3. The molecule has 3 rings (SSSR count). The van der Waals surface area contributed by atoms with Crippen molar-refractivity contribution in [2.24, 2.45) is 0 Å². The Kier molecular flexibility index (Phi) is 11.0. The van der Waals surface area contributed by atoms with E-state index in [1.807, 2.05) is 19.9 Å². The van der Waals surface area contributed by atoms with E-state index in [1.165, 1.54) is 29.2 Å². The van der Waals surface area contributed by atoms with Crippen LogP contribution in [0.25, 0.3) is 0 Å². The molecule has 10 heteroatoms. The van der Waals surface area contributed by atoms with Gasteiger partial charge in [-0.15, -0.1) is 0 Å². The van der Waals surface area contributed by atoms with Crippen molar-refractivity contribution < 1.29 is 22.7 Å². The largest absolute Gasteiger partial charge is 0.497 e. The molecule has 0 aromatic heterocycles. The highest BCUT2D eigenvalue weighted by Gasteiger charge is 2.34. The molecule has 0 heterocycles. The topological polar surface area (TPSA) is 96.0 Å². The molecule has 2 amide bonds. The predicted molar refractivity (Wildman–Crippen MR) is 158 cm³/mol. The van der Waals surface area contributed by atoms with E-state index < -0.39 is 28.5 Å². The van der Waals surface area contributed by atoms with Crippen molar-refractivity contribution in [1.29, 1.82) is 0 Å². The molecule has 1 unspecified atom stereocenters. The number of methoxy groups -OCH3 is 1. The van der Waals surface area contributed by atoms with Crippen molar-refractivity contribution in [3.8, 4) is 5.75 Å². The Morgan fingerprint density at radius 2 is 1.70 bits per heavy atom. The summed E-state index contributed by atoms with van der Waals surface area (Å²) in [5, 5.41) is 3.27. The highest BCUT2D eigenvalue weighted by Crippen LogP contribution is 2.28. The van der Waals surface area contributed by atoms with Gasteiger partial charge in [0.25, 0.3) is 10.0 Å². The van der Waals surface area contributed by atoms with Crippen LogP contribution in [-0.2, 0) is 26.2 Å². The average Bonchev–Trinajstić information content (AvgIpc) is 2.95. The minimum atomic E-state index is -4.17. The van der Waals surface area contributed by atoms with Gasteiger partial charge in [-0.25, -0.2) is 8.42 Å².